The normalized spacial score (nSPS) is 10.5. The molecule has 1 N–H and O–H groups in total. The highest BCUT2D eigenvalue weighted by molar-refractivity contribution is 7.71. The van der Waals surface area contributed by atoms with Gasteiger partial charge >= 0.3 is 0 Å². The van der Waals surface area contributed by atoms with Gasteiger partial charge in [-0.1, -0.05) is 0 Å². The summed E-state index contributed by atoms with van der Waals surface area (Å²) in [6, 6.07) is 0. The number of carbonyl (C=O) groups excluding carboxylic acids is 1. The molecule has 0 radical (unpaired) electrons. The lowest BCUT2D eigenvalue weighted by molar-refractivity contribution is 0.0939. The predicted octanol–water partition coefficient (Wildman–Crippen LogP) is 1.15. The van der Waals surface area contributed by atoms with Crippen molar-refractivity contribution in [1.29, 1.82) is 0 Å². The number of H-pyrrole nitrogens is 1. The highest BCUT2D eigenvalue weighted by atomic mass is 32.1. The van der Waals surface area contributed by atoms with E-state index in [4.69, 9.17) is 12.2 Å². The molecule has 0 aromatic carbocycles. The zero-order chi connectivity index (χ0) is 9.42. The highest BCUT2D eigenvalue weighted by Crippen LogP contribution is 2.08. The van der Waals surface area contributed by atoms with Crippen molar-refractivity contribution >= 4 is 29.3 Å². The topological polar surface area (TPSA) is 63.6 Å². The Hall–Kier alpha value is -1.56. The lowest BCUT2D eigenvalue weighted by atomic mass is 10.5. The van der Waals surface area contributed by atoms with Crippen molar-refractivity contribution in [2.24, 2.45) is 0 Å². The first-order chi connectivity index (χ1) is 6.20. The first-order valence-corrected chi connectivity index (χ1v) is 4.02. The summed E-state index contributed by atoms with van der Waals surface area (Å²) in [5, 5.41) is 0. The van der Waals surface area contributed by atoms with Crippen molar-refractivity contribution in [3.8, 4) is 0 Å². The number of aromatic amines is 1. The van der Waals surface area contributed by atoms with E-state index in [0.29, 0.717) is 15.9 Å². The minimum absolute atomic E-state index is 0.157. The Morgan fingerprint density at radius 3 is 3.15 bits per heavy atom. The zero-order valence-electron chi connectivity index (χ0n) is 6.81. The third-order valence-electron chi connectivity index (χ3n) is 1.66. The molecular formula is C7H6N4OS. The quantitative estimate of drug-likeness (QED) is 0.639. The SMILES string of the molecule is CC(=O)n1c(=S)[nH]c2cncnc21. The number of rotatable bonds is 0. The summed E-state index contributed by atoms with van der Waals surface area (Å²) < 4.78 is 1.69. The molecule has 0 saturated carbocycles. The molecule has 5 nitrogen and oxygen atoms in total. The van der Waals surface area contributed by atoms with E-state index in [2.05, 4.69) is 15.0 Å². The van der Waals surface area contributed by atoms with Gasteiger partial charge in [0, 0.05) is 6.92 Å². The largest absolute Gasteiger partial charge is 0.328 e. The van der Waals surface area contributed by atoms with Crippen molar-refractivity contribution in [1.82, 2.24) is 19.5 Å². The van der Waals surface area contributed by atoms with Crippen LogP contribution in [0, 0.1) is 4.77 Å². The molecule has 0 atom stereocenters. The number of hydrogen-bond acceptors (Lipinski definition) is 4. The fraction of sp³-hybridized carbons (Fsp3) is 0.143. The summed E-state index contributed by atoms with van der Waals surface area (Å²) in [6.45, 7) is 1.44. The number of nitrogens with zero attached hydrogens (tertiary/aromatic N) is 3. The fourth-order valence-electron chi connectivity index (χ4n) is 1.15. The molecule has 0 unspecified atom stereocenters. The molecular weight excluding hydrogens is 188 g/mol. The molecule has 2 rings (SSSR count). The Bertz CT molecular complexity index is 527. The molecule has 66 valence electrons. The number of nitrogens with one attached hydrogen (secondary N) is 1. The predicted molar refractivity (Wildman–Crippen MR) is 49.0 cm³/mol. The summed E-state index contributed by atoms with van der Waals surface area (Å²) in [4.78, 5) is 21.8. The molecule has 0 fully saturated rings. The molecule has 0 bridgehead atoms. The molecule has 0 amide bonds. The Balaban J connectivity index is 2.95. The van der Waals surface area contributed by atoms with E-state index in [-0.39, 0.29) is 5.91 Å². The standard InChI is InChI=1S/C7H6N4OS/c1-4(12)11-6-5(10-7(11)13)2-8-3-9-6/h2-3H,1H3,(H,10,13). The second-order valence-electron chi connectivity index (χ2n) is 2.54. The Labute approximate surface area is 78.4 Å². The van der Waals surface area contributed by atoms with E-state index in [1.54, 1.807) is 6.20 Å². The molecule has 2 aromatic heterocycles. The molecule has 0 aliphatic rings. The van der Waals surface area contributed by atoms with Crippen LogP contribution in [0.5, 0.6) is 0 Å². The van der Waals surface area contributed by atoms with Crippen molar-refractivity contribution in [2.45, 2.75) is 6.92 Å². The number of hydrogen-bond donors (Lipinski definition) is 1. The van der Waals surface area contributed by atoms with E-state index in [0.717, 1.165) is 0 Å². The van der Waals surface area contributed by atoms with Crippen molar-refractivity contribution in [2.75, 3.05) is 0 Å². The molecule has 0 aliphatic heterocycles. The zero-order valence-corrected chi connectivity index (χ0v) is 7.63. The van der Waals surface area contributed by atoms with Gasteiger partial charge in [-0.05, 0) is 12.2 Å². The van der Waals surface area contributed by atoms with Crippen LogP contribution in [0.2, 0.25) is 0 Å². The fourth-order valence-corrected chi connectivity index (χ4v) is 1.47. The van der Waals surface area contributed by atoms with Crippen LogP contribution >= 0.6 is 12.2 Å². The maximum absolute atomic E-state index is 11.2. The second kappa shape index (κ2) is 2.74. The number of carbonyl (C=O) groups is 1. The molecule has 0 saturated heterocycles. The summed E-state index contributed by atoms with van der Waals surface area (Å²) >= 11 is 4.95. The number of imidazole rings is 1. The lowest BCUT2D eigenvalue weighted by Gasteiger charge is -1.94. The minimum atomic E-state index is -0.157. The van der Waals surface area contributed by atoms with Crippen LogP contribution < -0.4 is 0 Å². The van der Waals surface area contributed by atoms with Crippen molar-refractivity contribution in [3.63, 3.8) is 0 Å². The molecule has 6 heteroatoms. The Kier molecular flexibility index (Phi) is 1.70. The minimum Gasteiger partial charge on any atom is -0.328 e. The average Bonchev–Trinajstić information content (AvgIpc) is 2.39. The first-order valence-electron chi connectivity index (χ1n) is 3.62. The Morgan fingerprint density at radius 2 is 2.46 bits per heavy atom. The van der Waals surface area contributed by atoms with Gasteiger partial charge in [0.25, 0.3) is 0 Å². The van der Waals surface area contributed by atoms with Crippen LogP contribution in [0.25, 0.3) is 11.2 Å². The Morgan fingerprint density at radius 1 is 1.69 bits per heavy atom. The van der Waals surface area contributed by atoms with Crippen LogP contribution in [0.3, 0.4) is 0 Å². The van der Waals surface area contributed by atoms with Gasteiger partial charge in [0.2, 0.25) is 5.91 Å². The maximum Gasteiger partial charge on any atom is 0.231 e. The van der Waals surface area contributed by atoms with Gasteiger partial charge in [-0.3, -0.25) is 4.79 Å². The highest BCUT2D eigenvalue weighted by Gasteiger charge is 2.07. The van der Waals surface area contributed by atoms with Crippen molar-refractivity contribution in [3.05, 3.63) is 17.3 Å². The smallest absolute Gasteiger partial charge is 0.231 e. The maximum atomic E-state index is 11.2. The van der Waals surface area contributed by atoms with E-state index < -0.39 is 0 Å². The van der Waals surface area contributed by atoms with Crippen LogP contribution in [0.15, 0.2) is 12.5 Å². The third kappa shape index (κ3) is 1.15. The van der Waals surface area contributed by atoms with E-state index in [9.17, 15) is 4.79 Å². The van der Waals surface area contributed by atoms with Crippen LogP contribution in [0.4, 0.5) is 0 Å². The van der Waals surface area contributed by atoms with E-state index in [1.807, 2.05) is 0 Å². The molecule has 2 aromatic rings. The average molecular weight is 194 g/mol. The van der Waals surface area contributed by atoms with Gasteiger partial charge in [-0.15, -0.1) is 0 Å². The van der Waals surface area contributed by atoms with Gasteiger partial charge in [0.05, 0.1) is 6.20 Å². The van der Waals surface area contributed by atoms with E-state index in [1.165, 1.54) is 17.8 Å². The van der Waals surface area contributed by atoms with Crippen LogP contribution in [-0.2, 0) is 0 Å². The molecule has 13 heavy (non-hydrogen) atoms. The monoisotopic (exact) mass is 194 g/mol. The van der Waals surface area contributed by atoms with Crippen LogP contribution in [0.1, 0.15) is 11.7 Å². The molecule has 0 spiro atoms. The van der Waals surface area contributed by atoms with Gasteiger partial charge in [0.1, 0.15) is 11.8 Å². The summed E-state index contributed by atoms with van der Waals surface area (Å²) in [5.74, 6) is -0.157. The van der Waals surface area contributed by atoms with Gasteiger partial charge in [0.15, 0.2) is 10.4 Å². The summed E-state index contributed by atoms with van der Waals surface area (Å²) in [7, 11) is 0. The lowest BCUT2D eigenvalue weighted by Crippen LogP contribution is -2.05. The van der Waals surface area contributed by atoms with Gasteiger partial charge in [-0.25, -0.2) is 14.5 Å². The van der Waals surface area contributed by atoms with Gasteiger partial charge < -0.3 is 4.98 Å². The summed E-state index contributed by atoms with van der Waals surface area (Å²) in [5.41, 5.74) is 1.19. The third-order valence-corrected chi connectivity index (χ3v) is 1.95. The molecule has 0 aliphatic carbocycles. The van der Waals surface area contributed by atoms with Crippen molar-refractivity contribution < 1.29 is 4.79 Å². The number of aromatic nitrogens is 4. The van der Waals surface area contributed by atoms with Gasteiger partial charge in [-0.2, -0.15) is 0 Å². The molecule has 2 heterocycles. The summed E-state index contributed by atoms with van der Waals surface area (Å²) in [6.07, 6.45) is 2.96. The number of fused-ring (bicyclic) bond motifs is 1. The second-order valence-corrected chi connectivity index (χ2v) is 2.93. The first kappa shape index (κ1) is 8.06. The van der Waals surface area contributed by atoms with E-state index >= 15 is 0 Å². The van der Waals surface area contributed by atoms with Crippen LogP contribution in [-0.4, -0.2) is 25.4 Å².